The molecule has 0 atom stereocenters. The molecular weight excluding hydrogens is 557 g/mol. The molecule has 1 rings (SSSR count). The molecule has 41 heavy (non-hydrogen) atoms. The van der Waals surface area contributed by atoms with Gasteiger partial charge in [-0.25, -0.2) is 0 Å². The van der Waals surface area contributed by atoms with Crippen LogP contribution in [0.15, 0.2) is 30.6 Å². The molecule has 0 radical (unpaired) electrons. The van der Waals surface area contributed by atoms with E-state index in [2.05, 4.69) is 50.0 Å². The zero-order valence-electron chi connectivity index (χ0n) is 27.7. The second-order valence-electron chi connectivity index (χ2n) is 12.0. The van der Waals surface area contributed by atoms with E-state index < -0.39 is 0 Å². The fourth-order valence-electron chi connectivity index (χ4n) is 5.22. The third-order valence-electron chi connectivity index (χ3n) is 7.86. The van der Waals surface area contributed by atoms with Crippen molar-refractivity contribution in [2.45, 2.75) is 203 Å². The van der Waals surface area contributed by atoms with Crippen LogP contribution in [0.5, 0.6) is 0 Å². The van der Waals surface area contributed by atoms with Gasteiger partial charge < -0.3 is 0 Å². The second kappa shape index (κ2) is 29.8. The van der Waals surface area contributed by atoms with Gasteiger partial charge in [-0.05, 0) is 49.3 Å². The van der Waals surface area contributed by atoms with Crippen LogP contribution in [-0.2, 0) is 0 Å². The predicted octanol–water partition coefficient (Wildman–Crippen LogP) is 14.7. The van der Waals surface area contributed by atoms with Crippen molar-refractivity contribution in [2.24, 2.45) is 0 Å². The number of hydrogen-bond acceptors (Lipinski definition) is 5. The Labute approximate surface area is 269 Å². The van der Waals surface area contributed by atoms with Crippen LogP contribution in [0.4, 0.5) is 0 Å². The third-order valence-corrected chi connectivity index (χ3v) is 10.9. The molecule has 1 heterocycles. The molecule has 0 saturated carbocycles. The van der Waals surface area contributed by atoms with Crippen molar-refractivity contribution >= 4 is 34.9 Å². The van der Waals surface area contributed by atoms with Crippen LogP contribution in [0.3, 0.4) is 0 Å². The molecule has 0 aromatic carbocycles. The summed E-state index contributed by atoms with van der Waals surface area (Å²) in [4.78, 5) is 2.72. The van der Waals surface area contributed by atoms with Gasteiger partial charge in [-0.15, -0.1) is 10.2 Å². The molecule has 0 aliphatic heterocycles. The van der Waals surface area contributed by atoms with Gasteiger partial charge in [-0.2, -0.15) is 0 Å². The first-order chi connectivity index (χ1) is 20.2. The molecule has 0 unspecified atom stereocenters. The molecule has 0 aliphatic carbocycles. The Balaban J connectivity index is 2.02. The lowest BCUT2D eigenvalue weighted by atomic mass is 10.0. The number of nitrogens with zero attached hydrogens (tertiary/aromatic N) is 2. The summed E-state index contributed by atoms with van der Waals surface area (Å²) >= 11 is 5.31. The Kier molecular flexibility index (Phi) is 28.2. The summed E-state index contributed by atoms with van der Waals surface area (Å²) in [6.45, 7) is 9.03. The van der Waals surface area contributed by atoms with Gasteiger partial charge in [0.05, 0.1) is 0 Å². The van der Waals surface area contributed by atoms with Crippen molar-refractivity contribution in [3.05, 3.63) is 22.0 Å². The van der Waals surface area contributed by atoms with Crippen LogP contribution in [0.25, 0.3) is 0 Å². The summed E-state index contributed by atoms with van der Waals surface area (Å²) in [5.41, 5.74) is 0. The molecule has 2 nitrogen and oxygen atoms in total. The van der Waals surface area contributed by atoms with Crippen LogP contribution < -0.4 is 0 Å². The number of allylic oxidation sites excluding steroid dienone is 4. The highest BCUT2D eigenvalue weighted by Crippen LogP contribution is 2.35. The van der Waals surface area contributed by atoms with E-state index >= 15 is 0 Å². The molecular formula is C36H66N2S3. The molecule has 238 valence electrons. The zero-order valence-corrected chi connectivity index (χ0v) is 30.1. The molecule has 1 aromatic rings. The topological polar surface area (TPSA) is 25.8 Å². The molecule has 0 N–H and O–H groups in total. The van der Waals surface area contributed by atoms with Gasteiger partial charge >= 0.3 is 0 Å². The largest absolute Gasteiger partial charge is 0.179 e. The Bertz CT molecular complexity index is 695. The number of thioether (sulfide) groups is 2. The first kappa shape index (κ1) is 38.8. The normalized spacial score (nSPS) is 12.5. The number of hydrogen-bond donors (Lipinski definition) is 0. The molecule has 1 aromatic heterocycles. The lowest BCUT2D eigenvalue weighted by Crippen LogP contribution is -1.82. The van der Waals surface area contributed by atoms with Crippen LogP contribution in [-0.4, -0.2) is 10.2 Å². The molecule has 5 heteroatoms. The lowest BCUT2D eigenvalue weighted by Gasteiger charge is -2.02. The first-order valence-corrected chi connectivity index (χ1v) is 20.1. The van der Waals surface area contributed by atoms with E-state index in [9.17, 15) is 0 Å². The van der Waals surface area contributed by atoms with Gasteiger partial charge in [-0.3, -0.25) is 0 Å². The minimum absolute atomic E-state index is 1.07. The Morgan fingerprint density at radius 2 is 0.732 bits per heavy atom. The zero-order chi connectivity index (χ0) is 29.6. The van der Waals surface area contributed by atoms with Gasteiger partial charge in [0.15, 0.2) is 8.68 Å². The lowest BCUT2D eigenvalue weighted by molar-refractivity contribution is 0.545. The van der Waals surface area contributed by atoms with Crippen molar-refractivity contribution in [3.63, 3.8) is 0 Å². The number of rotatable bonds is 30. The summed E-state index contributed by atoms with van der Waals surface area (Å²) in [5, 5.41) is 8.87. The Morgan fingerprint density at radius 1 is 0.463 bits per heavy atom. The number of aromatic nitrogens is 2. The van der Waals surface area contributed by atoms with E-state index in [-0.39, 0.29) is 0 Å². The fourth-order valence-corrected chi connectivity index (χ4v) is 8.40. The summed E-state index contributed by atoms with van der Waals surface area (Å²) in [7, 11) is 0. The molecule has 0 bridgehead atoms. The van der Waals surface area contributed by atoms with Gasteiger partial charge in [-0.1, -0.05) is 202 Å². The summed E-state index contributed by atoms with van der Waals surface area (Å²) < 4.78 is 2.15. The molecule has 0 aliphatic rings. The Morgan fingerprint density at radius 3 is 1.02 bits per heavy atom. The van der Waals surface area contributed by atoms with Gasteiger partial charge in [0, 0.05) is 0 Å². The fraction of sp³-hybridized carbons (Fsp3) is 0.833. The number of unbranched alkanes of at least 4 members (excludes halogenated alkanes) is 24. The van der Waals surface area contributed by atoms with E-state index in [0.717, 1.165) is 8.68 Å². The standard InChI is InChI=1S/C36H66N2S3/c1-5-7-9-11-13-15-17-19-21-23-25-27-29-31-33(3)39-35-37-38-36(41-35)40-34(4)32-30-28-26-24-22-20-18-16-14-12-10-8-6-2/h31-32H,5-30H2,1-4H3. The van der Waals surface area contributed by atoms with Gasteiger partial charge in [0.2, 0.25) is 0 Å². The highest BCUT2D eigenvalue weighted by molar-refractivity contribution is 8.06. The van der Waals surface area contributed by atoms with E-state index in [4.69, 9.17) is 0 Å². The maximum absolute atomic E-state index is 4.44. The van der Waals surface area contributed by atoms with Crippen molar-refractivity contribution in [2.75, 3.05) is 0 Å². The summed E-state index contributed by atoms with van der Waals surface area (Å²) in [5.74, 6) is 0. The monoisotopic (exact) mass is 622 g/mol. The van der Waals surface area contributed by atoms with Crippen LogP contribution >= 0.6 is 34.9 Å². The van der Waals surface area contributed by atoms with E-state index in [1.54, 1.807) is 34.9 Å². The summed E-state index contributed by atoms with van der Waals surface area (Å²) in [6.07, 6.45) is 41.1. The SMILES string of the molecule is CCCCCCCCCCCCCCC=C(C)Sc1nnc(SC(C)=CCCCCCCCCCCCCCC)s1. The smallest absolute Gasteiger partial charge is 0.130 e. The van der Waals surface area contributed by atoms with Gasteiger partial charge in [0.25, 0.3) is 0 Å². The minimum Gasteiger partial charge on any atom is -0.130 e. The predicted molar refractivity (Wildman–Crippen MR) is 191 cm³/mol. The third kappa shape index (κ3) is 25.9. The average Bonchev–Trinajstić information content (AvgIpc) is 3.39. The summed E-state index contributed by atoms with van der Waals surface area (Å²) in [6, 6.07) is 0. The van der Waals surface area contributed by atoms with Crippen LogP contribution in [0, 0.1) is 0 Å². The van der Waals surface area contributed by atoms with E-state index in [1.807, 2.05) is 0 Å². The van der Waals surface area contributed by atoms with Crippen LogP contribution in [0.1, 0.15) is 195 Å². The molecule has 0 saturated heterocycles. The quantitative estimate of drug-likeness (QED) is 0.0629. The van der Waals surface area contributed by atoms with Crippen molar-refractivity contribution in [1.82, 2.24) is 10.2 Å². The maximum atomic E-state index is 4.44. The van der Waals surface area contributed by atoms with E-state index in [0.29, 0.717) is 0 Å². The minimum atomic E-state index is 1.07. The van der Waals surface area contributed by atoms with Gasteiger partial charge in [0.1, 0.15) is 0 Å². The van der Waals surface area contributed by atoms with Crippen molar-refractivity contribution in [3.8, 4) is 0 Å². The average molecular weight is 623 g/mol. The van der Waals surface area contributed by atoms with Crippen molar-refractivity contribution in [1.29, 1.82) is 0 Å². The highest BCUT2D eigenvalue weighted by Gasteiger charge is 2.07. The molecule has 0 amide bonds. The van der Waals surface area contributed by atoms with Crippen LogP contribution in [0.2, 0.25) is 0 Å². The second-order valence-corrected chi connectivity index (χ2v) is 16.0. The highest BCUT2D eigenvalue weighted by atomic mass is 32.2. The van der Waals surface area contributed by atoms with Crippen molar-refractivity contribution < 1.29 is 0 Å². The maximum Gasteiger partial charge on any atom is 0.179 e. The molecule has 0 spiro atoms. The van der Waals surface area contributed by atoms with E-state index in [1.165, 1.54) is 177 Å². The molecule has 0 fully saturated rings. The Hall–Kier alpha value is -0.260. The first-order valence-electron chi connectivity index (χ1n) is 17.7.